The van der Waals surface area contributed by atoms with E-state index in [1.807, 2.05) is 6.21 Å². The summed E-state index contributed by atoms with van der Waals surface area (Å²) in [6.07, 6.45) is 2.96. The van der Waals surface area contributed by atoms with Crippen LogP contribution in [-0.2, 0) is 0 Å². The van der Waals surface area contributed by atoms with Gasteiger partial charge in [0.1, 0.15) is 0 Å². The van der Waals surface area contributed by atoms with Crippen LogP contribution in [0.4, 0.5) is 11.4 Å². The van der Waals surface area contributed by atoms with Gasteiger partial charge in [-0.1, -0.05) is 6.92 Å². The van der Waals surface area contributed by atoms with Gasteiger partial charge in [0.2, 0.25) is 0 Å². The molecule has 5 nitrogen and oxygen atoms in total. The summed E-state index contributed by atoms with van der Waals surface area (Å²) in [4.78, 5) is 13.4. The molecule has 0 saturated carbocycles. The second-order valence-electron chi connectivity index (χ2n) is 8.18. The molecule has 1 aliphatic rings. The van der Waals surface area contributed by atoms with E-state index in [0.29, 0.717) is 5.92 Å². The van der Waals surface area contributed by atoms with Gasteiger partial charge in [0, 0.05) is 17.8 Å². The molecule has 0 fully saturated rings. The molecule has 0 aliphatic carbocycles. The molecule has 0 spiro atoms. The Hall–Kier alpha value is -2.82. The maximum absolute atomic E-state index is 10.9. The van der Waals surface area contributed by atoms with Gasteiger partial charge in [0.25, 0.3) is 0 Å². The summed E-state index contributed by atoms with van der Waals surface area (Å²) in [6.45, 7) is 12.3. The van der Waals surface area contributed by atoms with E-state index in [1.54, 1.807) is 24.3 Å². The lowest BCUT2D eigenvalue weighted by Gasteiger charge is -2.47. The summed E-state index contributed by atoms with van der Waals surface area (Å²) < 4.78 is 0. The van der Waals surface area contributed by atoms with E-state index in [1.165, 1.54) is 16.8 Å². The molecule has 5 heteroatoms. The molecule has 28 heavy (non-hydrogen) atoms. The van der Waals surface area contributed by atoms with E-state index in [0.717, 1.165) is 24.2 Å². The number of anilines is 2. The zero-order valence-corrected chi connectivity index (χ0v) is 17.3. The fraction of sp³-hybridized carbons (Fsp3) is 0.391. The van der Waals surface area contributed by atoms with Crippen molar-refractivity contribution in [2.45, 2.75) is 52.5 Å². The Morgan fingerprint density at radius 3 is 2.61 bits per heavy atom. The molecular formula is C23H29N3O2. The third-order valence-electron chi connectivity index (χ3n) is 5.62. The highest BCUT2D eigenvalue weighted by Gasteiger charge is 2.35. The molecule has 0 saturated heterocycles. The van der Waals surface area contributed by atoms with Gasteiger partial charge in [-0.2, -0.15) is 5.10 Å². The third kappa shape index (κ3) is 3.88. The first-order chi connectivity index (χ1) is 13.2. The number of hydrogen-bond donors (Lipinski definition) is 2. The second kappa shape index (κ2) is 7.66. The van der Waals surface area contributed by atoms with Gasteiger partial charge in [-0.05, 0) is 93.1 Å². The van der Waals surface area contributed by atoms with Crippen LogP contribution in [0.2, 0.25) is 0 Å². The van der Waals surface area contributed by atoms with E-state index in [-0.39, 0.29) is 11.1 Å². The van der Waals surface area contributed by atoms with Crippen molar-refractivity contribution in [2.75, 3.05) is 16.9 Å². The first-order valence-electron chi connectivity index (χ1n) is 9.77. The van der Waals surface area contributed by atoms with E-state index >= 15 is 0 Å². The number of nitrogens with one attached hydrogen (secondary N) is 1. The average molecular weight is 380 g/mol. The van der Waals surface area contributed by atoms with Gasteiger partial charge in [0.05, 0.1) is 17.5 Å². The Labute approximate surface area is 167 Å². The number of hydrogen-bond acceptors (Lipinski definition) is 4. The quantitative estimate of drug-likeness (QED) is 0.550. The van der Waals surface area contributed by atoms with E-state index in [4.69, 9.17) is 5.11 Å². The smallest absolute Gasteiger partial charge is 0.335 e. The Bertz CT molecular complexity index is 901. The number of rotatable bonds is 5. The van der Waals surface area contributed by atoms with Crippen LogP contribution in [-0.4, -0.2) is 29.4 Å². The Kier molecular flexibility index (Phi) is 5.45. The van der Waals surface area contributed by atoms with Crippen LogP contribution < -0.4 is 10.3 Å². The number of carbonyl (C=O) groups is 1. The zero-order valence-electron chi connectivity index (χ0n) is 17.3. The van der Waals surface area contributed by atoms with Crippen molar-refractivity contribution in [1.82, 2.24) is 0 Å². The standard InChI is InChI=1S/C23H29N3O2/c1-6-26-21-11-15(2)18(12-20(21)16(3)13-23(26,4)5)14-24-25-19-9-7-17(8-10-19)22(27)28/h7-12,14,16,25H,6,13H2,1-5H3,(H,27,28)/b24-14-. The highest BCUT2D eigenvalue weighted by Crippen LogP contribution is 2.43. The number of carboxylic acid groups (broad SMARTS) is 1. The molecule has 3 rings (SSSR count). The topological polar surface area (TPSA) is 64.9 Å². The van der Waals surface area contributed by atoms with Crippen LogP contribution in [0.3, 0.4) is 0 Å². The molecule has 1 aliphatic heterocycles. The highest BCUT2D eigenvalue weighted by molar-refractivity contribution is 5.88. The minimum absolute atomic E-state index is 0.160. The zero-order chi connectivity index (χ0) is 20.5. The molecule has 2 aromatic carbocycles. The molecule has 1 atom stereocenters. The van der Waals surface area contributed by atoms with Crippen molar-refractivity contribution in [3.63, 3.8) is 0 Å². The number of benzene rings is 2. The number of nitrogens with zero attached hydrogens (tertiary/aromatic N) is 2. The predicted molar refractivity (Wildman–Crippen MR) is 116 cm³/mol. The molecule has 0 bridgehead atoms. The SMILES string of the molecule is CCN1c2cc(C)c(/C=N\Nc3ccc(C(=O)O)cc3)cc2C(C)CC1(C)C. The monoisotopic (exact) mass is 379 g/mol. The van der Waals surface area contributed by atoms with Crippen LogP contribution in [0.25, 0.3) is 0 Å². The van der Waals surface area contributed by atoms with Crippen LogP contribution >= 0.6 is 0 Å². The van der Waals surface area contributed by atoms with E-state index < -0.39 is 5.97 Å². The summed E-state index contributed by atoms with van der Waals surface area (Å²) >= 11 is 0. The lowest BCUT2D eigenvalue weighted by Crippen LogP contribution is -2.48. The maximum Gasteiger partial charge on any atom is 0.335 e. The lowest BCUT2D eigenvalue weighted by atomic mass is 9.79. The molecule has 0 amide bonds. The summed E-state index contributed by atoms with van der Waals surface area (Å²) in [6, 6.07) is 11.1. The molecule has 0 radical (unpaired) electrons. The average Bonchev–Trinajstić information content (AvgIpc) is 2.62. The van der Waals surface area contributed by atoms with Crippen LogP contribution in [0, 0.1) is 6.92 Å². The summed E-state index contributed by atoms with van der Waals surface area (Å²) in [7, 11) is 0. The maximum atomic E-state index is 10.9. The van der Waals surface area contributed by atoms with Gasteiger partial charge in [-0.25, -0.2) is 4.79 Å². The second-order valence-corrected chi connectivity index (χ2v) is 8.18. The van der Waals surface area contributed by atoms with Gasteiger partial charge in [-0.3, -0.25) is 5.43 Å². The van der Waals surface area contributed by atoms with Gasteiger partial charge < -0.3 is 10.0 Å². The molecule has 1 unspecified atom stereocenters. The van der Waals surface area contributed by atoms with E-state index in [9.17, 15) is 4.79 Å². The predicted octanol–water partition coefficient (Wildman–Crippen LogP) is 5.25. The Morgan fingerprint density at radius 1 is 1.32 bits per heavy atom. The van der Waals surface area contributed by atoms with Gasteiger partial charge in [0.15, 0.2) is 0 Å². The first-order valence-corrected chi connectivity index (χ1v) is 9.77. The van der Waals surface area contributed by atoms with Crippen molar-refractivity contribution in [3.05, 3.63) is 58.7 Å². The number of carboxylic acids is 1. The number of aromatic carboxylic acids is 1. The van der Waals surface area contributed by atoms with Crippen molar-refractivity contribution in [3.8, 4) is 0 Å². The van der Waals surface area contributed by atoms with Gasteiger partial charge in [-0.15, -0.1) is 0 Å². The molecular weight excluding hydrogens is 350 g/mol. The lowest BCUT2D eigenvalue weighted by molar-refractivity contribution is 0.0697. The highest BCUT2D eigenvalue weighted by atomic mass is 16.4. The largest absolute Gasteiger partial charge is 0.478 e. The van der Waals surface area contributed by atoms with Crippen molar-refractivity contribution in [2.24, 2.45) is 5.10 Å². The van der Waals surface area contributed by atoms with Crippen LogP contribution in [0.1, 0.15) is 67.1 Å². The van der Waals surface area contributed by atoms with Crippen molar-refractivity contribution in [1.29, 1.82) is 0 Å². The fourth-order valence-electron chi connectivity index (χ4n) is 4.25. The molecule has 2 N–H and O–H groups in total. The molecule has 2 aromatic rings. The summed E-state index contributed by atoms with van der Waals surface area (Å²) in [5.41, 5.74) is 9.14. The minimum Gasteiger partial charge on any atom is -0.478 e. The molecule has 0 aromatic heterocycles. The fourth-order valence-corrected chi connectivity index (χ4v) is 4.25. The van der Waals surface area contributed by atoms with E-state index in [2.05, 4.69) is 62.2 Å². The summed E-state index contributed by atoms with van der Waals surface area (Å²) in [5.74, 6) is -0.435. The van der Waals surface area contributed by atoms with Crippen LogP contribution in [0.5, 0.6) is 0 Å². The molecule has 1 heterocycles. The number of aryl methyl sites for hydroxylation is 1. The number of hydrazone groups is 1. The van der Waals surface area contributed by atoms with Crippen molar-refractivity contribution >= 4 is 23.6 Å². The number of fused-ring (bicyclic) bond motifs is 1. The summed E-state index contributed by atoms with van der Waals surface area (Å²) in [5, 5.41) is 13.3. The van der Waals surface area contributed by atoms with Crippen molar-refractivity contribution < 1.29 is 9.90 Å². The Balaban J connectivity index is 1.83. The van der Waals surface area contributed by atoms with Gasteiger partial charge >= 0.3 is 5.97 Å². The molecule has 148 valence electrons. The first kappa shape index (κ1) is 19.9. The van der Waals surface area contributed by atoms with Crippen LogP contribution in [0.15, 0.2) is 41.5 Å². The minimum atomic E-state index is -0.932. The Morgan fingerprint density at radius 2 is 2.00 bits per heavy atom. The normalized spacial score (nSPS) is 18.2. The third-order valence-corrected chi connectivity index (χ3v) is 5.62.